The topological polar surface area (TPSA) is 73.0 Å². The minimum absolute atomic E-state index is 0.0281. The highest BCUT2D eigenvalue weighted by molar-refractivity contribution is 9.10. The minimum Gasteiger partial charge on any atom is -0.351 e. The lowest BCUT2D eigenvalue weighted by Crippen LogP contribution is -2.53. The van der Waals surface area contributed by atoms with Crippen LogP contribution in [-0.4, -0.2) is 67.3 Å². The van der Waals surface area contributed by atoms with E-state index < -0.39 is 0 Å². The monoisotopic (exact) mass is 526 g/mol. The molecule has 0 aliphatic carbocycles. The zero-order chi connectivity index (χ0) is 23.9. The SMILES string of the molecule is O=CCC1CN(Cc2ccccc2C(=O)NCCN2CCCC2)C(=O)N(c2ccc(Br)cc2)C1. The van der Waals surface area contributed by atoms with Gasteiger partial charge < -0.3 is 19.9 Å². The molecule has 7 nitrogen and oxygen atoms in total. The number of halogens is 1. The van der Waals surface area contributed by atoms with Crippen LogP contribution in [0.1, 0.15) is 35.2 Å². The molecule has 0 aromatic heterocycles. The van der Waals surface area contributed by atoms with Crippen molar-refractivity contribution >= 4 is 39.8 Å². The van der Waals surface area contributed by atoms with Crippen molar-refractivity contribution in [2.45, 2.75) is 25.8 Å². The number of rotatable bonds is 9. The molecule has 0 saturated carbocycles. The van der Waals surface area contributed by atoms with Crippen molar-refractivity contribution in [2.75, 3.05) is 44.2 Å². The molecular formula is C26H31BrN4O3. The van der Waals surface area contributed by atoms with Crippen LogP contribution in [0.15, 0.2) is 53.0 Å². The van der Waals surface area contributed by atoms with E-state index in [4.69, 9.17) is 0 Å². The first-order valence-corrected chi connectivity index (χ1v) is 12.7. The Kier molecular flexibility index (Phi) is 8.34. The van der Waals surface area contributed by atoms with Gasteiger partial charge in [-0.2, -0.15) is 0 Å². The summed E-state index contributed by atoms with van der Waals surface area (Å²) >= 11 is 3.44. The minimum atomic E-state index is -0.117. The summed E-state index contributed by atoms with van der Waals surface area (Å²) in [5, 5.41) is 3.04. The largest absolute Gasteiger partial charge is 0.351 e. The van der Waals surface area contributed by atoms with Crippen LogP contribution in [0.2, 0.25) is 0 Å². The number of hydrogen-bond donors (Lipinski definition) is 1. The average molecular weight is 527 g/mol. The number of aldehydes is 1. The Labute approximate surface area is 209 Å². The second kappa shape index (κ2) is 11.6. The van der Waals surface area contributed by atoms with Crippen LogP contribution < -0.4 is 10.2 Å². The molecule has 0 spiro atoms. The molecule has 2 fully saturated rings. The van der Waals surface area contributed by atoms with Crippen molar-refractivity contribution in [2.24, 2.45) is 5.92 Å². The Morgan fingerprint density at radius 3 is 2.53 bits per heavy atom. The van der Waals surface area contributed by atoms with E-state index in [2.05, 4.69) is 26.1 Å². The summed E-state index contributed by atoms with van der Waals surface area (Å²) in [7, 11) is 0. The number of likely N-dealkylation sites (tertiary alicyclic amines) is 1. The van der Waals surface area contributed by atoms with Gasteiger partial charge in [0.05, 0.1) is 0 Å². The molecule has 1 N–H and O–H groups in total. The summed E-state index contributed by atoms with van der Waals surface area (Å²) in [6.07, 6.45) is 3.75. The summed E-state index contributed by atoms with van der Waals surface area (Å²) < 4.78 is 0.937. The Hall–Kier alpha value is -2.71. The van der Waals surface area contributed by atoms with Gasteiger partial charge in [0.2, 0.25) is 0 Å². The van der Waals surface area contributed by atoms with Crippen molar-refractivity contribution in [1.82, 2.24) is 15.1 Å². The zero-order valence-electron chi connectivity index (χ0n) is 19.3. The van der Waals surface area contributed by atoms with Crippen LogP contribution in [0.4, 0.5) is 10.5 Å². The molecule has 2 saturated heterocycles. The van der Waals surface area contributed by atoms with Gasteiger partial charge in [0.25, 0.3) is 5.91 Å². The van der Waals surface area contributed by atoms with E-state index in [1.165, 1.54) is 12.8 Å². The quantitative estimate of drug-likeness (QED) is 0.502. The maximum atomic E-state index is 13.4. The number of nitrogens with zero attached hydrogens (tertiary/aromatic N) is 3. The zero-order valence-corrected chi connectivity index (χ0v) is 20.9. The van der Waals surface area contributed by atoms with Crippen molar-refractivity contribution in [3.05, 3.63) is 64.1 Å². The lowest BCUT2D eigenvalue weighted by molar-refractivity contribution is -0.108. The summed E-state index contributed by atoms with van der Waals surface area (Å²) in [6.45, 7) is 4.95. The third-order valence-corrected chi connectivity index (χ3v) is 7.05. The summed E-state index contributed by atoms with van der Waals surface area (Å²) in [4.78, 5) is 43.5. The Morgan fingerprint density at radius 2 is 1.79 bits per heavy atom. The second-order valence-electron chi connectivity index (χ2n) is 8.98. The van der Waals surface area contributed by atoms with E-state index in [0.717, 1.165) is 41.6 Å². The highest BCUT2D eigenvalue weighted by Gasteiger charge is 2.33. The molecule has 1 unspecified atom stereocenters. The van der Waals surface area contributed by atoms with E-state index in [1.807, 2.05) is 48.5 Å². The van der Waals surface area contributed by atoms with Crippen molar-refractivity contribution in [1.29, 1.82) is 0 Å². The molecule has 2 heterocycles. The third-order valence-electron chi connectivity index (χ3n) is 6.52. The molecule has 2 aromatic carbocycles. The van der Waals surface area contributed by atoms with Gasteiger partial charge in [-0.15, -0.1) is 0 Å². The first kappa shape index (κ1) is 24.4. The van der Waals surface area contributed by atoms with E-state index >= 15 is 0 Å². The van der Waals surface area contributed by atoms with Gasteiger partial charge in [-0.05, 0) is 61.8 Å². The smallest absolute Gasteiger partial charge is 0.324 e. The predicted octanol–water partition coefficient (Wildman–Crippen LogP) is 3.92. The molecule has 4 rings (SSSR count). The van der Waals surface area contributed by atoms with E-state index in [0.29, 0.717) is 38.2 Å². The van der Waals surface area contributed by atoms with E-state index in [1.54, 1.807) is 9.80 Å². The Morgan fingerprint density at radius 1 is 1.06 bits per heavy atom. The lowest BCUT2D eigenvalue weighted by atomic mass is 10.0. The fraction of sp³-hybridized carbons (Fsp3) is 0.423. The first-order chi connectivity index (χ1) is 16.5. The molecule has 2 aromatic rings. The van der Waals surface area contributed by atoms with Gasteiger partial charge in [-0.3, -0.25) is 9.69 Å². The summed E-state index contributed by atoms with van der Waals surface area (Å²) in [6, 6.07) is 14.9. The lowest BCUT2D eigenvalue weighted by Gasteiger charge is -2.40. The average Bonchev–Trinajstić information content (AvgIpc) is 3.36. The van der Waals surface area contributed by atoms with Gasteiger partial charge in [0.15, 0.2) is 0 Å². The number of benzene rings is 2. The number of hydrogen-bond acceptors (Lipinski definition) is 4. The standard InChI is InChI=1S/C26H31BrN4O3/c27-22-7-9-23(10-8-22)31-18-20(11-16-32)17-30(26(31)34)19-21-5-1-2-6-24(21)25(33)28-12-15-29-13-3-4-14-29/h1-2,5-10,16,20H,3-4,11-15,17-19H2,(H,28,33). The molecular weight excluding hydrogens is 496 g/mol. The second-order valence-corrected chi connectivity index (χ2v) is 9.90. The van der Waals surface area contributed by atoms with Gasteiger partial charge in [-0.25, -0.2) is 4.79 Å². The highest BCUT2D eigenvalue weighted by Crippen LogP contribution is 2.27. The molecule has 2 aliphatic heterocycles. The number of nitrogens with one attached hydrogen (secondary N) is 1. The molecule has 3 amide bonds. The normalized spacial score (nSPS) is 18.9. The molecule has 8 heteroatoms. The fourth-order valence-corrected chi connectivity index (χ4v) is 4.99. The van der Waals surface area contributed by atoms with Gasteiger partial charge >= 0.3 is 6.03 Å². The number of carbonyl (C=O) groups excluding carboxylic acids is 3. The molecule has 1 atom stereocenters. The Bertz CT molecular complexity index is 1010. The maximum Gasteiger partial charge on any atom is 0.324 e. The Balaban J connectivity index is 1.47. The van der Waals surface area contributed by atoms with E-state index in [-0.39, 0.29) is 17.9 Å². The number of amides is 3. The number of urea groups is 1. The number of carbonyl (C=O) groups is 3. The van der Waals surface area contributed by atoms with Gasteiger partial charge in [-0.1, -0.05) is 34.1 Å². The fourth-order valence-electron chi connectivity index (χ4n) is 4.72. The van der Waals surface area contributed by atoms with Crippen LogP contribution in [-0.2, 0) is 11.3 Å². The first-order valence-electron chi connectivity index (χ1n) is 11.9. The van der Waals surface area contributed by atoms with Crippen LogP contribution in [0, 0.1) is 5.92 Å². The maximum absolute atomic E-state index is 13.4. The molecule has 2 aliphatic rings. The van der Waals surface area contributed by atoms with Crippen molar-refractivity contribution < 1.29 is 14.4 Å². The van der Waals surface area contributed by atoms with Crippen molar-refractivity contribution in [3.63, 3.8) is 0 Å². The summed E-state index contributed by atoms with van der Waals surface area (Å²) in [5.41, 5.74) is 2.18. The van der Waals surface area contributed by atoms with Crippen LogP contribution >= 0.6 is 15.9 Å². The van der Waals surface area contributed by atoms with Crippen LogP contribution in [0.25, 0.3) is 0 Å². The third kappa shape index (κ3) is 6.04. The molecule has 34 heavy (non-hydrogen) atoms. The molecule has 0 bridgehead atoms. The van der Waals surface area contributed by atoms with E-state index in [9.17, 15) is 14.4 Å². The van der Waals surface area contributed by atoms with Crippen LogP contribution in [0.5, 0.6) is 0 Å². The number of anilines is 1. The van der Waals surface area contributed by atoms with Crippen molar-refractivity contribution in [3.8, 4) is 0 Å². The molecule has 0 radical (unpaired) electrons. The summed E-state index contributed by atoms with van der Waals surface area (Å²) in [5.74, 6) is -0.0891. The highest BCUT2D eigenvalue weighted by atomic mass is 79.9. The van der Waals surface area contributed by atoms with Gasteiger partial charge in [0, 0.05) is 60.8 Å². The van der Waals surface area contributed by atoms with Gasteiger partial charge in [0.1, 0.15) is 6.29 Å². The molecule has 180 valence electrons. The predicted molar refractivity (Wildman–Crippen MR) is 136 cm³/mol. The van der Waals surface area contributed by atoms with Crippen LogP contribution in [0.3, 0.4) is 0 Å².